The summed E-state index contributed by atoms with van der Waals surface area (Å²) in [5.41, 5.74) is 0.171. The third-order valence-corrected chi connectivity index (χ3v) is 5.95. The number of alkyl halides is 3. The molecule has 4 heterocycles. The Morgan fingerprint density at radius 1 is 1.09 bits per heavy atom. The quantitative estimate of drug-likeness (QED) is 0.715. The van der Waals surface area contributed by atoms with Crippen LogP contribution in [0.15, 0.2) is 30.5 Å². The Bertz CT molecular complexity index is 938. The number of amides is 2. The molecule has 2 amide bonds. The standard InChI is InChI=1S/C22H27F3N6O/c1-15-7-11-31(12-8-15)20-16(3-5-18(29-20)22(23,24)25)13-27-21(32)28-17-4-6-19(26-14-17)30-9-2-10-30/h3-6,14-15H,2,7-13H2,1H3,(H2,27,28,32). The third-order valence-electron chi connectivity index (χ3n) is 5.95. The van der Waals surface area contributed by atoms with Crippen molar-refractivity contribution in [1.82, 2.24) is 15.3 Å². The summed E-state index contributed by atoms with van der Waals surface area (Å²) in [4.78, 5) is 24.6. The molecule has 2 aromatic rings. The molecule has 0 unspecified atom stereocenters. The number of halogens is 3. The van der Waals surface area contributed by atoms with Gasteiger partial charge in [-0.2, -0.15) is 13.2 Å². The van der Waals surface area contributed by atoms with Crippen LogP contribution in [0.3, 0.4) is 0 Å². The lowest BCUT2D eigenvalue weighted by Crippen LogP contribution is -2.37. The largest absolute Gasteiger partial charge is 0.433 e. The molecule has 0 bridgehead atoms. The van der Waals surface area contributed by atoms with Gasteiger partial charge in [-0.25, -0.2) is 14.8 Å². The minimum atomic E-state index is -4.52. The first-order valence-electron chi connectivity index (χ1n) is 10.9. The number of carbonyl (C=O) groups is 1. The first-order valence-corrected chi connectivity index (χ1v) is 10.9. The van der Waals surface area contributed by atoms with Crippen molar-refractivity contribution in [2.75, 3.05) is 41.3 Å². The number of hydrogen-bond donors (Lipinski definition) is 2. The lowest BCUT2D eigenvalue weighted by atomic mass is 9.99. The molecule has 10 heteroatoms. The molecular formula is C22H27F3N6O. The van der Waals surface area contributed by atoms with Gasteiger partial charge < -0.3 is 20.4 Å². The SMILES string of the molecule is CC1CCN(c2nc(C(F)(F)F)ccc2CNC(=O)Nc2ccc(N3CCC3)nc2)CC1. The van der Waals surface area contributed by atoms with Gasteiger partial charge in [0.1, 0.15) is 17.3 Å². The monoisotopic (exact) mass is 448 g/mol. The predicted molar refractivity (Wildman–Crippen MR) is 117 cm³/mol. The Balaban J connectivity index is 1.41. The highest BCUT2D eigenvalue weighted by molar-refractivity contribution is 5.89. The smallest absolute Gasteiger partial charge is 0.356 e. The second-order valence-corrected chi connectivity index (χ2v) is 8.40. The normalized spacial score (nSPS) is 17.1. The molecule has 172 valence electrons. The molecule has 32 heavy (non-hydrogen) atoms. The van der Waals surface area contributed by atoms with E-state index in [1.54, 1.807) is 12.3 Å². The van der Waals surface area contributed by atoms with Gasteiger partial charge in [-0.15, -0.1) is 0 Å². The number of urea groups is 1. The van der Waals surface area contributed by atoms with E-state index in [2.05, 4.69) is 32.4 Å². The molecule has 4 rings (SSSR count). The molecule has 0 aromatic carbocycles. The molecule has 0 atom stereocenters. The number of nitrogens with one attached hydrogen (secondary N) is 2. The number of anilines is 3. The summed E-state index contributed by atoms with van der Waals surface area (Å²) < 4.78 is 39.7. The molecule has 0 aliphatic carbocycles. The van der Waals surface area contributed by atoms with Gasteiger partial charge in [0.25, 0.3) is 0 Å². The van der Waals surface area contributed by atoms with Gasteiger partial charge in [0.15, 0.2) is 0 Å². The first-order chi connectivity index (χ1) is 15.3. The summed E-state index contributed by atoms with van der Waals surface area (Å²) in [7, 11) is 0. The van der Waals surface area contributed by atoms with Crippen molar-refractivity contribution in [3.63, 3.8) is 0 Å². The van der Waals surface area contributed by atoms with E-state index in [4.69, 9.17) is 0 Å². The Morgan fingerprint density at radius 3 is 2.44 bits per heavy atom. The predicted octanol–water partition coefficient (Wildman–Crippen LogP) is 4.26. The fourth-order valence-corrected chi connectivity index (χ4v) is 3.81. The van der Waals surface area contributed by atoms with Crippen LogP contribution in [0.4, 0.5) is 35.3 Å². The van der Waals surface area contributed by atoms with E-state index in [-0.39, 0.29) is 12.4 Å². The van der Waals surface area contributed by atoms with Crippen LogP contribution in [0.1, 0.15) is 37.4 Å². The van der Waals surface area contributed by atoms with Gasteiger partial charge in [-0.05, 0) is 43.4 Å². The maximum Gasteiger partial charge on any atom is 0.433 e. The summed E-state index contributed by atoms with van der Waals surface area (Å²) in [6.07, 6.45) is 0.0162. The van der Waals surface area contributed by atoms with Crippen molar-refractivity contribution in [1.29, 1.82) is 0 Å². The summed E-state index contributed by atoms with van der Waals surface area (Å²) in [5, 5.41) is 5.43. The van der Waals surface area contributed by atoms with Gasteiger partial charge in [0.05, 0.1) is 11.9 Å². The van der Waals surface area contributed by atoms with Gasteiger partial charge in [0, 0.05) is 38.3 Å². The van der Waals surface area contributed by atoms with Crippen LogP contribution in [0.5, 0.6) is 0 Å². The van der Waals surface area contributed by atoms with Crippen LogP contribution in [-0.4, -0.2) is 42.2 Å². The molecule has 0 saturated carbocycles. The van der Waals surface area contributed by atoms with Crippen LogP contribution in [0.25, 0.3) is 0 Å². The Kier molecular flexibility index (Phi) is 6.38. The average Bonchev–Trinajstić information content (AvgIpc) is 2.72. The van der Waals surface area contributed by atoms with Crippen LogP contribution >= 0.6 is 0 Å². The van der Waals surface area contributed by atoms with E-state index < -0.39 is 17.9 Å². The molecule has 2 N–H and O–H groups in total. The minimum Gasteiger partial charge on any atom is -0.356 e. The zero-order valence-electron chi connectivity index (χ0n) is 18.0. The van der Waals surface area contributed by atoms with Gasteiger partial charge in [0.2, 0.25) is 0 Å². The average molecular weight is 448 g/mol. The molecule has 2 aliphatic rings. The molecular weight excluding hydrogens is 421 g/mol. The fourth-order valence-electron chi connectivity index (χ4n) is 3.81. The zero-order valence-corrected chi connectivity index (χ0v) is 18.0. The van der Waals surface area contributed by atoms with E-state index in [0.29, 0.717) is 30.3 Å². The Hall–Kier alpha value is -3.04. The van der Waals surface area contributed by atoms with Crippen molar-refractivity contribution >= 4 is 23.4 Å². The van der Waals surface area contributed by atoms with Crippen LogP contribution < -0.4 is 20.4 Å². The number of piperidine rings is 1. The molecule has 0 spiro atoms. The summed E-state index contributed by atoms with van der Waals surface area (Å²) in [5.74, 6) is 1.69. The Labute approximate surface area is 185 Å². The molecule has 2 fully saturated rings. The summed E-state index contributed by atoms with van der Waals surface area (Å²) >= 11 is 0. The number of rotatable bonds is 5. The van der Waals surface area contributed by atoms with Gasteiger partial charge >= 0.3 is 12.2 Å². The molecule has 2 aliphatic heterocycles. The van der Waals surface area contributed by atoms with Crippen molar-refractivity contribution < 1.29 is 18.0 Å². The number of aromatic nitrogens is 2. The third kappa shape index (κ3) is 5.23. The highest BCUT2D eigenvalue weighted by Crippen LogP contribution is 2.32. The maximum absolute atomic E-state index is 13.2. The molecule has 2 saturated heterocycles. The van der Waals surface area contributed by atoms with Crippen LogP contribution in [-0.2, 0) is 12.7 Å². The van der Waals surface area contributed by atoms with E-state index in [9.17, 15) is 18.0 Å². The lowest BCUT2D eigenvalue weighted by molar-refractivity contribution is -0.141. The molecule has 2 aromatic heterocycles. The van der Waals surface area contributed by atoms with Crippen molar-refractivity contribution in [3.05, 3.63) is 41.7 Å². The molecule has 7 nitrogen and oxygen atoms in total. The lowest BCUT2D eigenvalue weighted by Gasteiger charge is -2.33. The highest BCUT2D eigenvalue weighted by atomic mass is 19.4. The second kappa shape index (κ2) is 9.22. The van der Waals surface area contributed by atoms with Crippen molar-refractivity contribution in [2.24, 2.45) is 5.92 Å². The summed E-state index contributed by atoms with van der Waals surface area (Å²) in [6, 6.07) is 5.53. The topological polar surface area (TPSA) is 73.4 Å². The van der Waals surface area contributed by atoms with E-state index in [1.165, 1.54) is 6.07 Å². The molecule has 0 radical (unpaired) electrons. The van der Waals surface area contributed by atoms with Gasteiger partial charge in [-0.3, -0.25) is 0 Å². The first kappa shape index (κ1) is 22.2. The van der Waals surface area contributed by atoms with E-state index in [0.717, 1.165) is 44.2 Å². The number of hydrogen-bond acceptors (Lipinski definition) is 5. The number of nitrogens with zero attached hydrogens (tertiary/aromatic N) is 4. The van der Waals surface area contributed by atoms with E-state index in [1.807, 2.05) is 11.0 Å². The number of pyridine rings is 2. The minimum absolute atomic E-state index is 0.0671. The number of carbonyl (C=O) groups excluding carboxylic acids is 1. The van der Waals surface area contributed by atoms with Crippen molar-refractivity contribution in [3.8, 4) is 0 Å². The summed E-state index contributed by atoms with van der Waals surface area (Å²) in [6.45, 7) is 5.46. The van der Waals surface area contributed by atoms with Crippen LogP contribution in [0, 0.1) is 5.92 Å². The van der Waals surface area contributed by atoms with Crippen LogP contribution in [0.2, 0.25) is 0 Å². The highest BCUT2D eigenvalue weighted by Gasteiger charge is 2.34. The Morgan fingerprint density at radius 2 is 1.84 bits per heavy atom. The maximum atomic E-state index is 13.2. The van der Waals surface area contributed by atoms with Gasteiger partial charge in [-0.1, -0.05) is 13.0 Å². The second-order valence-electron chi connectivity index (χ2n) is 8.40. The zero-order chi connectivity index (χ0) is 22.7. The van der Waals surface area contributed by atoms with E-state index >= 15 is 0 Å². The van der Waals surface area contributed by atoms with Crippen molar-refractivity contribution in [2.45, 2.75) is 38.9 Å². The fraction of sp³-hybridized carbons (Fsp3) is 0.500.